The number of ether oxygens (including phenoxy) is 1. The summed E-state index contributed by atoms with van der Waals surface area (Å²) in [7, 11) is 1.35. The standard InChI is InChI=1S/C17H19NO3/c1-10-14(12(3)19)16(13-8-6-5-7-9-13)15(11(2)18-10)17(20)21-4/h5-9,16,18H,1-4H3. The van der Waals surface area contributed by atoms with Gasteiger partial charge in [0.15, 0.2) is 5.78 Å². The average Bonchev–Trinajstić information content (AvgIpc) is 2.46. The van der Waals surface area contributed by atoms with E-state index in [1.54, 1.807) is 0 Å². The minimum Gasteiger partial charge on any atom is -0.466 e. The van der Waals surface area contributed by atoms with Gasteiger partial charge in [-0.2, -0.15) is 0 Å². The summed E-state index contributed by atoms with van der Waals surface area (Å²) in [6.07, 6.45) is 0. The summed E-state index contributed by atoms with van der Waals surface area (Å²) >= 11 is 0. The van der Waals surface area contributed by atoms with Gasteiger partial charge in [-0.15, -0.1) is 0 Å². The quantitative estimate of drug-likeness (QED) is 0.868. The predicted octanol–water partition coefficient (Wildman–Crippen LogP) is 2.68. The van der Waals surface area contributed by atoms with Crippen molar-refractivity contribution in [1.29, 1.82) is 0 Å². The molecule has 110 valence electrons. The Hall–Kier alpha value is -2.36. The maximum absolute atomic E-state index is 12.2. The number of esters is 1. The zero-order chi connectivity index (χ0) is 15.6. The summed E-state index contributed by atoms with van der Waals surface area (Å²) in [5.74, 6) is -0.861. The lowest BCUT2D eigenvalue weighted by atomic mass is 9.79. The summed E-state index contributed by atoms with van der Waals surface area (Å²) < 4.78 is 4.90. The van der Waals surface area contributed by atoms with Crippen LogP contribution in [-0.2, 0) is 14.3 Å². The number of nitrogens with one attached hydrogen (secondary N) is 1. The van der Waals surface area contributed by atoms with Crippen LogP contribution in [0.1, 0.15) is 32.3 Å². The zero-order valence-corrected chi connectivity index (χ0v) is 12.7. The summed E-state index contributed by atoms with van der Waals surface area (Å²) in [6, 6.07) is 9.54. The van der Waals surface area contributed by atoms with Gasteiger partial charge in [-0.05, 0) is 26.3 Å². The lowest BCUT2D eigenvalue weighted by Gasteiger charge is -2.30. The zero-order valence-electron chi connectivity index (χ0n) is 12.7. The number of Topliss-reactive ketones (excluding diaryl/α,β-unsaturated/α-hetero) is 1. The van der Waals surface area contributed by atoms with Gasteiger partial charge in [0.2, 0.25) is 0 Å². The molecule has 0 saturated heterocycles. The number of carbonyl (C=O) groups excluding carboxylic acids is 2. The highest BCUT2D eigenvalue weighted by Gasteiger charge is 2.35. The van der Waals surface area contributed by atoms with E-state index < -0.39 is 11.9 Å². The SMILES string of the molecule is COC(=O)C1=C(C)NC(C)=C(C(C)=O)C1c1ccccc1. The lowest BCUT2D eigenvalue weighted by molar-refractivity contribution is -0.136. The van der Waals surface area contributed by atoms with Crippen molar-refractivity contribution in [3.8, 4) is 0 Å². The van der Waals surface area contributed by atoms with Crippen LogP contribution in [0, 0.1) is 0 Å². The van der Waals surface area contributed by atoms with E-state index in [9.17, 15) is 9.59 Å². The molecule has 21 heavy (non-hydrogen) atoms. The molecule has 0 saturated carbocycles. The number of methoxy groups -OCH3 is 1. The third-order valence-electron chi connectivity index (χ3n) is 3.68. The Kier molecular flexibility index (Phi) is 4.26. The minimum absolute atomic E-state index is 0.0530. The second-order valence-corrected chi connectivity index (χ2v) is 5.09. The van der Waals surface area contributed by atoms with Gasteiger partial charge in [-0.3, -0.25) is 4.79 Å². The van der Waals surface area contributed by atoms with E-state index in [1.807, 2.05) is 44.2 Å². The summed E-state index contributed by atoms with van der Waals surface area (Å²) in [6.45, 7) is 5.19. The molecule has 0 aliphatic carbocycles. The van der Waals surface area contributed by atoms with Crippen LogP contribution < -0.4 is 5.32 Å². The average molecular weight is 285 g/mol. The predicted molar refractivity (Wildman–Crippen MR) is 80.4 cm³/mol. The first-order valence-electron chi connectivity index (χ1n) is 6.80. The van der Waals surface area contributed by atoms with Gasteiger partial charge in [0, 0.05) is 22.9 Å². The molecule has 0 spiro atoms. The van der Waals surface area contributed by atoms with Gasteiger partial charge in [-0.1, -0.05) is 30.3 Å². The van der Waals surface area contributed by atoms with Crippen molar-refractivity contribution < 1.29 is 14.3 Å². The molecular formula is C17H19NO3. The Morgan fingerprint density at radius 2 is 1.62 bits per heavy atom. The number of benzene rings is 1. The first-order valence-corrected chi connectivity index (χ1v) is 6.80. The first kappa shape index (κ1) is 15.0. The summed E-state index contributed by atoms with van der Waals surface area (Å²) in [5.41, 5.74) is 3.50. The van der Waals surface area contributed by atoms with E-state index in [2.05, 4.69) is 5.32 Å². The second kappa shape index (κ2) is 5.95. The molecule has 0 amide bonds. The number of dihydropyridines is 1. The molecule has 4 nitrogen and oxygen atoms in total. The highest BCUT2D eigenvalue weighted by Crippen LogP contribution is 2.38. The molecule has 1 atom stereocenters. The fourth-order valence-corrected chi connectivity index (χ4v) is 2.82. The molecule has 1 aliphatic rings. The Bertz CT molecular complexity index is 641. The minimum atomic E-state index is -0.417. The number of allylic oxidation sites excluding steroid dienone is 3. The molecule has 4 heteroatoms. The van der Waals surface area contributed by atoms with E-state index in [1.165, 1.54) is 14.0 Å². The van der Waals surface area contributed by atoms with E-state index in [-0.39, 0.29) is 5.78 Å². The molecular weight excluding hydrogens is 266 g/mol. The number of carbonyl (C=O) groups is 2. The monoisotopic (exact) mass is 285 g/mol. The molecule has 1 heterocycles. The van der Waals surface area contributed by atoms with Crippen molar-refractivity contribution in [3.63, 3.8) is 0 Å². The molecule has 1 unspecified atom stereocenters. The molecule has 0 radical (unpaired) electrons. The molecule has 1 aliphatic heterocycles. The van der Waals surface area contributed by atoms with Crippen molar-refractivity contribution in [2.75, 3.05) is 7.11 Å². The summed E-state index contributed by atoms with van der Waals surface area (Å²) in [5, 5.41) is 3.11. The number of ketones is 1. The second-order valence-electron chi connectivity index (χ2n) is 5.09. The van der Waals surface area contributed by atoms with Gasteiger partial charge in [0.25, 0.3) is 0 Å². The van der Waals surface area contributed by atoms with Crippen molar-refractivity contribution in [1.82, 2.24) is 5.32 Å². The third kappa shape index (κ3) is 2.75. The molecule has 1 N–H and O–H groups in total. The first-order chi connectivity index (χ1) is 9.97. The maximum Gasteiger partial charge on any atom is 0.336 e. The van der Waals surface area contributed by atoms with Crippen LogP contribution in [0.15, 0.2) is 52.9 Å². The van der Waals surface area contributed by atoms with E-state index in [0.717, 1.165) is 17.0 Å². The maximum atomic E-state index is 12.2. The number of hydrogen-bond donors (Lipinski definition) is 1. The van der Waals surface area contributed by atoms with Gasteiger partial charge < -0.3 is 10.1 Å². The van der Waals surface area contributed by atoms with Gasteiger partial charge in [-0.25, -0.2) is 4.79 Å². The van der Waals surface area contributed by atoms with Gasteiger partial charge >= 0.3 is 5.97 Å². The Morgan fingerprint density at radius 1 is 1.05 bits per heavy atom. The van der Waals surface area contributed by atoms with E-state index >= 15 is 0 Å². The molecule has 0 aromatic heterocycles. The van der Waals surface area contributed by atoms with Crippen LogP contribution in [0.2, 0.25) is 0 Å². The van der Waals surface area contributed by atoms with Crippen LogP contribution in [0.4, 0.5) is 0 Å². The van der Waals surface area contributed by atoms with Crippen LogP contribution in [-0.4, -0.2) is 18.9 Å². The Balaban J connectivity index is 2.66. The highest BCUT2D eigenvalue weighted by molar-refractivity contribution is 6.02. The van der Waals surface area contributed by atoms with Crippen LogP contribution in [0.25, 0.3) is 0 Å². The molecule has 0 fully saturated rings. The number of rotatable bonds is 3. The molecule has 2 rings (SSSR count). The largest absolute Gasteiger partial charge is 0.466 e. The van der Waals surface area contributed by atoms with Gasteiger partial charge in [0.05, 0.1) is 12.7 Å². The van der Waals surface area contributed by atoms with Crippen molar-refractivity contribution in [2.24, 2.45) is 0 Å². The Labute approximate surface area is 124 Å². The van der Waals surface area contributed by atoms with Crippen LogP contribution in [0.5, 0.6) is 0 Å². The van der Waals surface area contributed by atoms with Gasteiger partial charge in [0.1, 0.15) is 0 Å². The fraction of sp³-hybridized carbons (Fsp3) is 0.294. The van der Waals surface area contributed by atoms with E-state index in [4.69, 9.17) is 4.74 Å². The van der Waals surface area contributed by atoms with Crippen LogP contribution in [0.3, 0.4) is 0 Å². The fourth-order valence-electron chi connectivity index (χ4n) is 2.82. The highest BCUT2D eigenvalue weighted by atomic mass is 16.5. The smallest absolute Gasteiger partial charge is 0.336 e. The topological polar surface area (TPSA) is 55.4 Å². The normalized spacial score (nSPS) is 18.4. The third-order valence-corrected chi connectivity index (χ3v) is 3.68. The Morgan fingerprint density at radius 3 is 2.14 bits per heavy atom. The van der Waals surface area contributed by atoms with E-state index in [0.29, 0.717) is 11.1 Å². The van der Waals surface area contributed by atoms with Crippen molar-refractivity contribution >= 4 is 11.8 Å². The van der Waals surface area contributed by atoms with Crippen LogP contribution >= 0.6 is 0 Å². The van der Waals surface area contributed by atoms with Crippen molar-refractivity contribution in [2.45, 2.75) is 26.7 Å². The van der Waals surface area contributed by atoms with Crippen molar-refractivity contribution in [3.05, 3.63) is 58.4 Å². The molecule has 0 bridgehead atoms. The number of hydrogen-bond acceptors (Lipinski definition) is 4. The lowest BCUT2D eigenvalue weighted by Crippen LogP contribution is -2.30. The summed E-state index contributed by atoms with van der Waals surface area (Å²) in [4.78, 5) is 24.3. The molecule has 1 aromatic rings. The molecule has 1 aromatic carbocycles.